The highest BCUT2D eigenvalue weighted by Crippen LogP contribution is 2.31. The van der Waals surface area contributed by atoms with Gasteiger partial charge in [0.15, 0.2) is 0 Å². The molecule has 1 fully saturated rings. The second-order valence-corrected chi connectivity index (χ2v) is 10.1. The standard InChI is InChI=1S/C26H29N3O4S/c1-27-16-18-28(19-17-27)26(30)24-10-6-7-11-25(24)29(20-21-8-4-3-5-9-21)34(31,32)23-14-12-22(33-2)13-15-23/h3-15H,16-20H2,1-2H3. The molecule has 0 N–H and O–H groups in total. The van der Waals surface area contributed by atoms with Crippen molar-refractivity contribution in [3.05, 3.63) is 90.0 Å². The smallest absolute Gasteiger partial charge is 0.264 e. The molecular weight excluding hydrogens is 450 g/mol. The molecule has 7 nitrogen and oxygen atoms in total. The monoisotopic (exact) mass is 479 g/mol. The number of carbonyl (C=O) groups is 1. The number of sulfonamides is 1. The summed E-state index contributed by atoms with van der Waals surface area (Å²) in [5.74, 6) is 0.408. The highest BCUT2D eigenvalue weighted by Gasteiger charge is 2.30. The summed E-state index contributed by atoms with van der Waals surface area (Å²) in [7, 11) is -0.414. The number of ether oxygens (including phenoxy) is 1. The number of carbonyl (C=O) groups excluding carboxylic acids is 1. The molecule has 1 amide bonds. The zero-order valence-corrected chi connectivity index (χ0v) is 20.2. The first-order valence-corrected chi connectivity index (χ1v) is 12.6. The first-order valence-electron chi connectivity index (χ1n) is 11.2. The molecule has 4 rings (SSSR count). The molecule has 8 heteroatoms. The van der Waals surface area contributed by atoms with E-state index < -0.39 is 10.0 Å². The van der Waals surface area contributed by atoms with E-state index in [-0.39, 0.29) is 17.3 Å². The summed E-state index contributed by atoms with van der Waals surface area (Å²) in [6.45, 7) is 2.88. The van der Waals surface area contributed by atoms with Gasteiger partial charge in [-0.3, -0.25) is 9.10 Å². The van der Waals surface area contributed by atoms with E-state index >= 15 is 0 Å². The van der Waals surface area contributed by atoms with Crippen molar-refractivity contribution in [3.63, 3.8) is 0 Å². The van der Waals surface area contributed by atoms with Crippen LogP contribution in [0.1, 0.15) is 15.9 Å². The summed E-state index contributed by atoms with van der Waals surface area (Å²) >= 11 is 0. The molecule has 1 saturated heterocycles. The predicted molar refractivity (Wildman–Crippen MR) is 133 cm³/mol. The Bertz CT molecular complexity index is 1220. The maximum Gasteiger partial charge on any atom is 0.264 e. The van der Waals surface area contributed by atoms with Crippen LogP contribution < -0.4 is 9.04 Å². The fraction of sp³-hybridized carbons (Fsp3) is 0.269. The number of benzene rings is 3. The van der Waals surface area contributed by atoms with Crippen molar-refractivity contribution in [1.29, 1.82) is 0 Å². The topological polar surface area (TPSA) is 70.2 Å². The Morgan fingerprint density at radius 3 is 2.15 bits per heavy atom. The minimum absolute atomic E-state index is 0.0994. The Labute approximate surface area is 201 Å². The third kappa shape index (κ3) is 5.08. The molecule has 0 atom stereocenters. The molecule has 3 aromatic carbocycles. The fourth-order valence-corrected chi connectivity index (χ4v) is 5.45. The van der Waals surface area contributed by atoms with Crippen LogP contribution in [0.4, 0.5) is 5.69 Å². The van der Waals surface area contributed by atoms with Gasteiger partial charge in [0.05, 0.1) is 29.8 Å². The van der Waals surface area contributed by atoms with E-state index in [1.165, 1.54) is 23.5 Å². The van der Waals surface area contributed by atoms with Crippen LogP contribution in [-0.2, 0) is 16.6 Å². The molecule has 1 heterocycles. The lowest BCUT2D eigenvalue weighted by molar-refractivity contribution is 0.0665. The number of rotatable bonds is 7. The van der Waals surface area contributed by atoms with Gasteiger partial charge in [-0.1, -0.05) is 42.5 Å². The minimum Gasteiger partial charge on any atom is -0.497 e. The third-order valence-electron chi connectivity index (χ3n) is 6.01. The Kier molecular flexibility index (Phi) is 7.19. The molecule has 178 valence electrons. The fourth-order valence-electron chi connectivity index (χ4n) is 3.98. The first-order chi connectivity index (χ1) is 16.4. The van der Waals surface area contributed by atoms with Crippen molar-refractivity contribution < 1.29 is 17.9 Å². The number of likely N-dealkylation sites (N-methyl/N-ethyl adjacent to an activating group) is 1. The molecular formula is C26H29N3O4S. The Balaban J connectivity index is 1.77. The zero-order chi connectivity index (χ0) is 24.1. The number of hydrogen-bond acceptors (Lipinski definition) is 5. The van der Waals surface area contributed by atoms with Crippen LogP contribution in [0, 0.1) is 0 Å². The Hall–Kier alpha value is -3.36. The number of para-hydroxylation sites is 1. The minimum atomic E-state index is -3.97. The number of hydrogen-bond donors (Lipinski definition) is 0. The summed E-state index contributed by atoms with van der Waals surface area (Å²) in [4.78, 5) is 17.6. The lowest BCUT2D eigenvalue weighted by Crippen LogP contribution is -2.47. The molecule has 0 saturated carbocycles. The number of methoxy groups -OCH3 is 1. The van der Waals surface area contributed by atoms with Gasteiger partial charge in [0.25, 0.3) is 15.9 Å². The number of amides is 1. The lowest BCUT2D eigenvalue weighted by Gasteiger charge is -2.34. The summed E-state index contributed by atoms with van der Waals surface area (Å²) in [6.07, 6.45) is 0. The third-order valence-corrected chi connectivity index (χ3v) is 7.78. The molecule has 34 heavy (non-hydrogen) atoms. The van der Waals surface area contributed by atoms with Crippen molar-refractivity contribution in [1.82, 2.24) is 9.80 Å². The van der Waals surface area contributed by atoms with E-state index in [0.717, 1.165) is 18.7 Å². The van der Waals surface area contributed by atoms with Crippen LogP contribution in [0.3, 0.4) is 0 Å². The van der Waals surface area contributed by atoms with Gasteiger partial charge in [-0.25, -0.2) is 8.42 Å². The summed E-state index contributed by atoms with van der Waals surface area (Å²) in [6, 6.07) is 22.6. The maximum absolute atomic E-state index is 13.9. The van der Waals surface area contributed by atoms with Gasteiger partial charge in [0, 0.05) is 26.2 Å². The van der Waals surface area contributed by atoms with Gasteiger partial charge in [0.1, 0.15) is 5.75 Å². The van der Waals surface area contributed by atoms with Crippen molar-refractivity contribution in [3.8, 4) is 5.75 Å². The quantitative estimate of drug-likeness (QED) is 0.519. The molecule has 0 aromatic heterocycles. The highest BCUT2D eigenvalue weighted by atomic mass is 32.2. The van der Waals surface area contributed by atoms with Crippen LogP contribution in [0.5, 0.6) is 5.75 Å². The summed E-state index contributed by atoms with van der Waals surface area (Å²) in [5, 5.41) is 0. The van der Waals surface area contributed by atoms with E-state index in [1.807, 2.05) is 37.4 Å². The first kappa shape index (κ1) is 23.8. The SMILES string of the molecule is COc1ccc(S(=O)(=O)N(Cc2ccccc2)c2ccccc2C(=O)N2CCN(C)CC2)cc1. The van der Waals surface area contributed by atoms with Crippen LogP contribution >= 0.6 is 0 Å². The summed E-state index contributed by atoms with van der Waals surface area (Å²) < 4.78 is 34.3. The average molecular weight is 480 g/mol. The van der Waals surface area contributed by atoms with Crippen LogP contribution in [0.2, 0.25) is 0 Å². The second kappa shape index (κ2) is 10.3. The number of nitrogens with zero attached hydrogens (tertiary/aromatic N) is 3. The molecule has 1 aliphatic rings. The van der Waals surface area contributed by atoms with Gasteiger partial charge < -0.3 is 14.5 Å². The highest BCUT2D eigenvalue weighted by molar-refractivity contribution is 7.92. The molecule has 0 unspecified atom stereocenters. The van der Waals surface area contributed by atoms with E-state index in [1.54, 1.807) is 41.3 Å². The van der Waals surface area contributed by atoms with Crippen molar-refractivity contribution >= 4 is 21.6 Å². The van der Waals surface area contributed by atoms with Crippen molar-refractivity contribution in [2.75, 3.05) is 44.6 Å². The van der Waals surface area contributed by atoms with Gasteiger partial charge in [-0.15, -0.1) is 0 Å². The van der Waals surface area contributed by atoms with E-state index in [9.17, 15) is 13.2 Å². The van der Waals surface area contributed by atoms with Gasteiger partial charge in [0.2, 0.25) is 0 Å². The van der Waals surface area contributed by atoms with Crippen LogP contribution in [0.25, 0.3) is 0 Å². The normalized spacial score (nSPS) is 14.6. The summed E-state index contributed by atoms with van der Waals surface area (Å²) in [5.41, 5.74) is 1.56. The molecule has 0 bridgehead atoms. The van der Waals surface area contributed by atoms with Gasteiger partial charge in [-0.05, 0) is 49.0 Å². The zero-order valence-electron chi connectivity index (χ0n) is 19.4. The second-order valence-electron chi connectivity index (χ2n) is 8.29. The van der Waals surface area contributed by atoms with Crippen molar-refractivity contribution in [2.45, 2.75) is 11.4 Å². The van der Waals surface area contributed by atoms with Crippen LogP contribution in [0.15, 0.2) is 83.8 Å². The molecule has 0 spiro atoms. The Morgan fingerprint density at radius 2 is 1.50 bits per heavy atom. The molecule has 1 aliphatic heterocycles. The Morgan fingerprint density at radius 1 is 0.882 bits per heavy atom. The number of piperazine rings is 1. The largest absolute Gasteiger partial charge is 0.497 e. The average Bonchev–Trinajstić information content (AvgIpc) is 2.88. The molecule has 3 aromatic rings. The molecule has 0 radical (unpaired) electrons. The van der Waals surface area contributed by atoms with Gasteiger partial charge >= 0.3 is 0 Å². The molecule has 0 aliphatic carbocycles. The van der Waals surface area contributed by atoms with Gasteiger partial charge in [-0.2, -0.15) is 0 Å². The van der Waals surface area contributed by atoms with Crippen molar-refractivity contribution in [2.24, 2.45) is 0 Å². The van der Waals surface area contributed by atoms with E-state index in [4.69, 9.17) is 4.74 Å². The lowest BCUT2D eigenvalue weighted by atomic mass is 10.1. The predicted octanol–water partition coefficient (Wildman–Crippen LogP) is 3.48. The number of anilines is 1. The van der Waals surface area contributed by atoms with E-state index in [0.29, 0.717) is 30.1 Å². The maximum atomic E-state index is 13.9. The van der Waals surface area contributed by atoms with Crippen LogP contribution in [-0.4, -0.2) is 64.5 Å². The van der Waals surface area contributed by atoms with E-state index in [2.05, 4.69) is 4.90 Å².